The van der Waals surface area contributed by atoms with E-state index in [1.807, 2.05) is 0 Å². The highest BCUT2D eigenvalue weighted by molar-refractivity contribution is 4.53. The van der Waals surface area contributed by atoms with E-state index in [0.717, 1.165) is 7.11 Å². The van der Waals surface area contributed by atoms with Crippen molar-refractivity contribution < 1.29 is 5.11 Å². The molecular formula is C7H16O. The predicted molar refractivity (Wildman–Crippen MR) is 36.0 cm³/mol. The highest BCUT2D eigenvalue weighted by Gasteiger charge is 1.88. The minimum atomic E-state index is 0.685. The summed E-state index contributed by atoms with van der Waals surface area (Å²) in [6.07, 6.45) is 2.44. The van der Waals surface area contributed by atoms with Crippen LogP contribution in [0.3, 0.4) is 0 Å². The van der Waals surface area contributed by atoms with Crippen LogP contribution < -0.4 is 0 Å². The van der Waals surface area contributed by atoms with Crippen LogP contribution in [0, 0.1) is 12.8 Å². The zero-order valence-electron chi connectivity index (χ0n) is 6.11. The molecule has 0 atom stereocenters. The van der Waals surface area contributed by atoms with Gasteiger partial charge in [-0.1, -0.05) is 33.6 Å². The third-order valence-electron chi connectivity index (χ3n) is 1.15. The smallest absolute Gasteiger partial charge is 0.0712 e. The molecule has 0 saturated carbocycles. The molecule has 0 aliphatic carbocycles. The van der Waals surface area contributed by atoms with Crippen LogP contribution in [0.15, 0.2) is 0 Å². The Morgan fingerprint density at radius 3 is 1.50 bits per heavy atom. The molecule has 0 aliphatic heterocycles. The molecule has 0 aromatic carbocycles. The summed E-state index contributed by atoms with van der Waals surface area (Å²) in [6, 6.07) is 0. The Kier molecular flexibility index (Phi) is 13.6. The van der Waals surface area contributed by atoms with Crippen molar-refractivity contribution in [2.75, 3.05) is 7.11 Å². The summed E-state index contributed by atoms with van der Waals surface area (Å²) in [7, 11) is 0.750. The second-order valence-electron chi connectivity index (χ2n) is 1.68. The van der Waals surface area contributed by atoms with Gasteiger partial charge >= 0.3 is 0 Å². The summed E-state index contributed by atoms with van der Waals surface area (Å²) < 4.78 is 0. The normalized spacial score (nSPS) is 8.25. The molecule has 50 valence electrons. The zero-order chi connectivity index (χ0) is 6.99. The van der Waals surface area contributed by atoms with Crippen LogP contribution in [0.4, 0.5) is 0 Å². The molecule has 0 heterocycles. The van der Waals surface area contributed by atoms with Gasteiger partial charge in [0, 0.05) is 0 Å². The van der Waals surface area contributed by atoms with Gasteiger partial charge in [0.15, 0.2) is 0 Å². The van der Waals surface area contributed by atoms with E-state index in [1.165, 1.54) is 12.8 Å². The number of hydrogen-bond acceptors (Lipinski definition) is 0. The minimum absolute atomic E-state index is 0.685. The molecule has 0 spiro atoms. The van der Waals surface area contributed by atoms with Gasteiger partial charge in [-0.2, -0.15) is 0 Å². The fraction of sp³-hybridized carbons (Fsp3) is 0.857. The topological polar surface area (TPSA) is 19.9 Å². The second-order valence-corrected chi connectivity index (χ2v) is 1.68. The molecule has 0 saturated heterocycles. The van der Waals surface area contributed by atoms with Crippen LogP contribution in [0.25, 0.3) is 0 Å². The van der Waals surface area contributed by atoms with E-state index in [1.54, 1.807) is 0 Å². The van der Waals surface area contributed by atoms with Crippen molar-refractivity contribution in [3.63, 3.8) is 0 Å². The van der Waals surface area contributed by atoms with Gasteiger partial charge in [0.25, 0.3) is 0 Å². The molecule has 0 N–H and O–H groups in total. The number of hydrogen-bond donors (Lipinski definition) is 0. The van der Waals surface area contributed by atoms with Crippen LogP contribution in [-0.4, -0.2) is 7.11 Å². The van der Waals surface area contributed by atoms with Crippen LogP contribution in [0.2, 0.25) is 0 Å². The Morgan fingerprint density at radius 2 is 1.50 bits per heavy atom. The fourth-order valence-electron chi connectivity index (χ4n) is 0.289. The Hall–Kier alpha value is -0.0400. The molecule has 1 nitrogen and oxygen atoms in total. The standard InChI is InChI=1S/C6H13.CH3O/c1-4-6(3)5-2;1-2/h6H,3-5H2,1-2H3;1H3. The van der Waals surface area contributed by atoms with Gasteiger partial charge in [-0.05, 0) is 5.92 Å². The first-order valence-electron chi connectivity index (χ1n) is 3.05. The molecule has 0 rings (SSSR count). The van der Waals surface area contributed by atoms with Crippen molar-refractivity contribution in [2.24, 2.45) is 5.92 Å². The lowest BCUT2D eigenvalue weighted by Gasteiger charge is -1.98. The van der Waals surface area contributed by atoms with E-state index in [2.05, 4.69) is 20.8 Å². The van der Waals surface area contributed by atoms with Gasteiger partial charge in [-0.3, -0.25) is 0 Å². The minimum Gasteiger partial charge on any atom is -0.240 e. The van der Waals surface area contributed by atoms with Gasteiger partial charge in [0.2, 0.25) is 0 Å². The highest BCUT2D eigenvalue weighted by Crippen LogP contribution is 2.02. The van der Waals surface area contributed by atoms with Crippen molar-refractivity contribution >= 4 is 0 Å². The van der Waals surface area contributed by atoms with E-state index < -0.39 is 0 Å². The highest BCUT2D eigenvalue weighted by atomic mass is 16.2. The molecular weight excluding hydrogens is 100 g/mol. The van der Waals surface area contributed by atoms with Crippen molar-refractivity contribution in [2.45, 2.75) is 26.7 Å². The van der Waals surface area contributed by atoms with Crippen molar-refractivity contribution in [3.05, 3.63) is 6.92 Å². The summed E-state index contributed by atoms with van der Waals surface area (Å²) >= 11 is 0. The van der Waals surface area contributed by atoms with E-state index in [0.29, 0.717) is 5.92 Å². The van der Waals surface area contributed by atoms with Gasteiger partial charge < -0.3 is 0 Å². The molecule has 0 amide bonds. The van der Waals surface area contributed by atoms with E-state index in [-0.39, 0.29) is 0 Å². The maximum absolute atomic E-state index is 8.25. The third kappa shape index (κ3) is 9.35. The van der Waals surface area contributed by atoms with E-state index >= 15 is 0 Å². The summed E-state index contributed by atoms with van der Waals surface area (Å²) in [4.78, 5) is 0. The van der Waals surface area contributed by atoms with Crippen LogP contribution in [0.5, 0.6) is 0 Å². The number of rotatable bonds is 2. The van der Waals surface area contributed by atoms with Gasteiger partial charge in [-0.25, -0.2) is 5.11 Å². The second kappa shape index (κ2) is 10.0. The first-order chi connectivity index (χ1) is 3.81. The molecule has 0 unspecified atom stereocenters. The Labute approximate surface area is 52.7 Å². The van der Waals surface area contributed by atoms with Gasteiger partial charge in [0.1, 0.15) is 0 Å². The van der Waals surface area contributed by atoms with Crippen molar-refractivity contribution in [1.29, 1.82) is 0 Å². The van der Waals surface area contributed by atoms with Crippen LogP contribution in [-0.2, 0) is 5.11 Å². The maximum atomic E-state index is 8.25. The SMILES string of the molecule is C[O].[CH2]C(CC)CC. The van der Waals surface area contributed by atoms with E-state index in [9.17, 15) is 0 Å². The first kappa shape index (κ1) is 10.9. The Bertz CT molecular complexity index is 23.6. The third-order valence-corrected chi connectivity index (χ3v) is 1.15. The molecule has 0 aliphatic rings. The zero-order valence-corrected chi connectivity index (χ0v) is 6.11. The summed E-state index contributed by atoms with van der Waals surface area (Å²) in [6.45, 7) is 8.21. The van der Waals surface area contributed by atoms with E-state index in [4.69, 9.17) is 5.11 Å². The summed E-state index contributed by atoms with van der Waals surface area (Å²) in [5, 5.41) is 8.25. The molecule has 0 fully saturated rings. The molecule has 0 aromatic rings. The average molecular weight is 116 g/mol. The monoisotopic (exact) mass is 116 g/mol. The van der Waals surface area contributed by atoms with Gasteiger partial charge in [0.05, 0.1) is 7.11 Å². The molecule has 1 heteroatoms. The first-order valence-corrected chi connectivity index (χ1v) is 3.05. The summed E-state index contributed by atoms with van der Waals surface area (Å²) in [5.41, 5.74) is 0. The Balaban J connectivity index is 0. The Morgan fingerprint density at radius 1 is 1.25 bits per heavy atom. The molecule has 0 aromatic heterocycles. The lowest BCUT2D eigenvalue weighted by molar-refractivity contribution is 0.282. The van der Waals surface area contributed by atoms with Gasteiger partial charge in [-0.15, -0.1) is 0 Å². The lowest BCUT2D eigenvalue weighted by Crippen LogP contribution is -1.85. The largest absolute Gasteiger partial charge is 0.240 e. The predicted octanol–water partition coefficient (Wildman–Crippen LogP) is 2.30. The summed E-state index contributed by atoms with van der Waals surface area (Å²) in [5.74, 6) is 0.685. The van der Waals surface area contributed by atoms with Crippen molar-refractivity contribution in [1.82, 2.24) is 0 Å². The maximum Gasteiger partial charge on any atom is 0.0712 e. The fourth-order valence-corrected chi connectivity index (χ4v) is 0.289. The van der Waals surface area contributed by atoms with Crippen molar-refractivity contribution in [3.8, 4) is 0 Å². The van der Waals surface area contributed by atoms with Crippen LogP contribution in [0.1, 0.15) is 26.7 Å². The quantitative estimate of drug-likeness (QED) is 0.527. The average Bonchev–Trinajstić information content (AvgIpc) is 1.91. The lowest BCUT2D eigenvalue weighted by atomic mass is 10.1. The van der Waals surface area contributed by atoms with Crippen LogP contribution >= 0.6 is 0 Å². The molecule has 0 bridgehead atoms. The molecule has 2 radical (unpaired) electrons. The molecule has 8 heavy (non-hydrogen) atoms.